The summed E-state index contributed by atoms with van der Waals surface area (Å²) in [6.45, 7) is 1.57. The van der Waals surface area contributed by atoms with Crippen LogP contribution in [0.1, 0.15) is 47.8 Å². The summed E-state index contributed by atoms with van der Waals surface area (Å²) in [5.74, 6) is -0.306. The van der Waals surface area contributed by atoms with E-state index in [4.69, 9.17) is 4.74 Å². The third kappa shape index (κ3) is 5.30. The minimum absolute atomic E-state index is 0.166. The summed E-state index contributed by atoms with van der Waals surface area (Å²) >= 11 is 0. The molecule has 2 amide bonds. The Morgan fingerprint density at radius 3 is 2.76 bits per heavy atom. The normalized spacial score (nSPS) is 16.6. The number of carbonyl (C=O) groups excluding carboxylic acids is 2. The smallest absolute Gasteiger partial charge is 0.320 e. The predicted molar refractivity (Wildman–Crippen MR) is 119 cm³/mol. The number of carboxylic acids is 1. The number of nitrogens with zero attached hydrogens (tertiary/aromatic N) is 4. The molecule has 1 aliphatic heterocycles. The number of carboxylic acid groups (broad SMARTS) is 1. The monoisotopic (exact) mass is 452 g/mol. The number of hydrogen-bond donors (Lipinski definition) is 1. The molecular weight excluding hydrogens is 424 g/mol. The zero-order valence-electron chi connectivity index (χ0n) is 18.7. The number of amides is 2. The van der Waals surface area contributed by atoms with Crippen molar-refractivity contribution in [3.8, 4) is 5.88 Å². The number of fused-ring (bicyclic) bond motifs is 1. The van der Waals surface area contributed by atoms with E-state index in [1.165, 1.54) is 7.11 Å². The van der Waals surface area contributed by atoms with Gasteiger partial charge in [-0.2, -0.15) is 0 Å². The van der Waals surface area contributed by atoms with Gasteiger partial charge in [-0.3, -0.25) is 14.6 Å². The molecule has 2 aromatic heterocycles. The number of hydrogen-bond acceptors (Lipinski definition) is 6. The van der Waals surface area contributed by atoms with Crippen molar-refractivity contribution in [1.82, 2.24) is 19.8 Å². The Labute approximate surface area is 192 Å². The van der Waals surface area contributed by atoms with Crippen LogP contribution in [0.2, 0.25) is 0 Å². The topological polar surface area (TPSA) is 113 Å². The molecule has 1 fully saturated rings. The lowest BCUT2D eigenvalue weighted by molar-refractivity contribution is -0.138. The average Bonchev–Trinajstić information content (AvgIpc) is 3.17. The van der Waals surface area contributed by atoms with Crippen molar-refractivity contribution in [1.29, 1.82) is 0 Å². The number of pyridine rings is 2. The van der Waals surface area contributed by atoms with Crippen LogP contribution in [0, 0.1) is 0 Å². The Hall–Kier alpha value is -3.49. The van der Waals surface area contributed by atoms with E-state index in [0.717, 1.165) is 29.8 Å². The lowest BCUT2D eigenvalue weighted by Crippen LogP contribution is -2.36. The molecule has 9 nitrogen and oxygen atoms in total. The van der Waals surface area contributed by atoms with Crippen LogP contribution < -0.4 is 4.74 Å². The minimum Gasteiger partial charge on any atom is -0.481 e. The number of aliphatic carboxylic acids is 1. The first-order valence-electron chi connectivity index (χ1n) is 11.2. The average molecular weight is 453 g/mol. The molecule has 1 aliphatic carbocycles. The zero-order chi connectivity index (χ0) is 23.4. The largest absolute Gasteiger partial charge is 0.481 e. The number of rotatable bonds is 9. The number of aryl methyl sites for hydroxylation is 2. The summed E-state index contributed by atoms with van der Waals surface area (Å²) in [7, 11) is 1.51. The fraction of sp³-hybridized carbons (Fsp3) is 0.458. The Morgan fingerprint density at radius 1 is 1.18 bits per heavy atom. The van der Waals surface area contributed by atoms with E-state index in [1.54, 1.807) is 28.1 Å². The molecule has 1 atom stereocenters. The van der Waals surface area contributed by atoms with E-state index in [1.807, 2.05) is 6.07 Å². The number of Topliss-reactive ketones (excluding diaryl/α,β-unsaturated/α-hetero) is 1. The van der Waals surface area contributed by atoms with E-state index in [0.29, 0.717) is 50.3 Å². The fourth-order valence-corrected chi connectivity index (χ4v) is 4.48. The quantitative estimate of drug-likeness (QED) is 0.622. The van der Waals surface area contributed by atoms with E-state index in [9.17, 15) is 19.5 Å². The van der Waals surface area contributed by atoms with Gasteiger partial charge in [0, 0.05) is 50.4 Å². The van der Waals surface area contributed by atoms with Crippen LogP contribution in [0.5, 0.6) is 5.88 Å². The van der Waals surface area contributed by atoms with Crippen molar-refractivity contribution >= 4 is 17.8 Å². The molecule has 0 spiro atoms. The maximum Gasteiger partial charge on any atom is 0.320 e. The highest BCUT2D eigenvalue weighted by Gasteiger charge is 2.35. The second-order valence-electron chi connectivity index (χ2n) is 8.44. The van der Waals surface area contributed by atoms with E-state index < -0.39 is 12.0 Å². The Kier molecular flexibility index (Phi) is 6.86. The van der Waals surface area contributed by atoms with E-state index in [2.05, 4.69) is 16.0 Å². The van der Waals surface area contributed by atoms with Crippen LogP contribution in [0.15, 0.2) is 30.5 Å². The van der Waals surface area contributed by atoms with Crippen molar-refractivity contribution in [3.05, 3.63) is 53.0 Å². The van der Waals surface area contributed by atoms with Crippen LogP contribution >= 0.6 is 0 Å². The van der Waals surface area contributed by atoms with E-state index >= 15 is 0 Å². The molecule has 2 aliphatic rings. The molecule has 4 rings (SSSR count). The summed E-state index contributed by atoms with van der Waals surface area (Å²) in [6, 6.07) is 6.74. The predicted octanol–water partition coefficient (Wildman–Crippen LogP) is 2.43. The van der Waals surface area contributed by atoms with Gasteiger partial charge < -0.3 is 19.6 Å². The number of methoxy groups -OCH3 is 1. The molecule has 0 aromatic carbocycles. The molecular formula is C24H28N4O5. The van der Waals surface area contributed by atoms with Gasteiger partial charge in [0.15, 0.2) is 0 Å². The highest BCUT2D eigenvalue weighted by molar-refractivity contribution is 5.82. The van der Waals surface area contributed by atoms with Crippen molar-refractivity contribution < 1.29 is 24.2 Å². The maximum atomic E-state index is 13.1. The highest BCUT2D eigenvalue weighted by Crippen LogP contribution is 2.29. The molecule has 9 heteroatoms. The number of aromatic nitrogens is 2. The van der Waals surface area contributed by atoms with Gasteiger partial charge >= 0.3 is 12.0 Å². The van der Waals surface area contributed by atoms with E-state index in [-0.39, 0.29) is 18.2 Å². The lowest BCUT2D eigenvalue weighted by atomic mass is 9.94. The molecule has 33 heavy (non-hydrogen) atoms. The molecule has 1 saturated heterocycles. The van der Waals surface area contributed by atoms with Crippen molar-refractivity contribution in [2.24, 2.45) is 0 Å². The van der Waals surface area contributed by atoms with Crippen LogP contribution in [-0.2, 0) is 28.9 Å². The highest BCUT2D eigenvalue weighted by atomic mass is 16.5. The summed E-state index contributed by atoms with van der Waals surface area (Å²) in [5.41, 5.74) is 3.64. The molecule has 1 N–H and O–H groups in total. The summed E-state index contributed by atoms with van der Waals surface area (Å²) in [5, 5.41) is 9.40. The second-order valence-corrected chi connectivity index (χ2v) is 8.44. The van der Waals surface area contributed by atoms with Gasteiger partial charge in [0.2, 0.25) is 5.88 Å². The SMILES string of the molecule is COc1ccc([C@H](CC(=O)O)N2CCN(CCCc3ccc4c(n3)CC(=O)CC4)C2=O)cn1. The first-order chi connectivity index (χ1) is 15.9. The first kappa shape index (κ1) is 22.7. The number of urea groups is 1. The summed E-state index contributed by atoms with van der Waals surface area (Å²) in [4.78, 5) is 48.4. The first-order valence-corrected chi connectivity index (χ1v) is 11.2. The molecule has 2 aromatic rings. The van der Waals surface area contributed by atoms with Gasteiger partial charge in [0.25, 0.3) is 0 Å². The molecule has 0 saturated carbocycles. The van der Waals surface area contributed by atoms with Crippen LogP contribution in [0.3, 0.4) is 0 Å². The van der Waals surface area contributed by atoms with Gasteiger partial charge in [-0.15, -0.1) is 0 Å². The standard InChI is InChI=1S/C24H28N4O5/c1-33-22-9-6-17(15-25-22)21(14-23(30)31)28-12-11-27(24(28)32)10-2-3-18-7-4-16-5-8-19(29)13-20(16)26-18/h4,6-7,9,15,21H,2-3,5,8,10-14H2,1H3,(H,30,31)/t21-/m0/s1. The third-order valence-electron chi connectivity index (χ3n) is 6.25. The van der Waals surface area contributed by atoms with Crippen molar-refractivity contribution in [2.75, 3.05) is 26.7 Å². The zero-order valence-corrected chi connectivity index (χ0v) is 18.7. The van der Waals surface area contributed by atoms with Crippen LogP contribution in [0.25, 0.3) is 0 Å². The van der Waals surface area contributed by atoms with Crippen LogP contribution in [-0.4, -0.2) is 69.4 Å². The van der Waals surface area contributed by atoms with Crippen molar-refractivity contribution in [2.45, 2.75) is 44.6 Å². The van der Waals surface area contributed by atoms with Crippen LogP contribution in [0.4, 0.5) is 4.79 Å². The molecule has 174 valence electrons. The Bertz CT molecular complexity index is 1040. The number of ketones is 1. The van der Waals surface area contributed by atoms with Gasteiger partial charge in [0.05, 0.1) is 25.3 Å². The van der Waals surface area contributed by atoms with Gasteiger partial charge in [0.1, 0.15) is 5.78 Å². The van der Waals surface area contributed by atoms with Gasteiger partial charge in [-0.25, -0.2) is 9.78 Å². The molecule has 3 heterocycles. The molecule has 0 bridgehead atoms. The van der Waals surface area contributed by atoms with Gasteiger partial charge in [-0.1, -0.05) is 12.1 Å². The molecule has 0 radical (unpaired) electrons. The minimum atomic E-state index is -0.973. The molecule has 0 unspecified atom stereocenters. The lowest BCUT2D eigenvalue weighted by Gasteiger charge is -2.27. The summed E-state index contributed by atoms with van der Waals surface area (Å²) < 4.78 is 5.07. The summed E-state index contributed by atoms with van der Waals surface area (Å²) in [6.07, 6.45) is 4.60. The van der Waals surface area contributed by atoms with Gasteiger partial charge in [-0.05, 0) is 36.5 Å². The third-order valence-corrected chi connectivity index (χ3v) is 6.25. The Morgan fingerprint density at radius 2 is 2.03 bits per heavy atom. The maximum absolute atomic E-state index is 13.1. The second kappa shape index (κ2) is 9.97. The fourth-order valence-electron chi connectivity index (χ4n) is 4.48. The number of ether oxygens (including phenoxy) is 1. The number of carbonyl (C=O) groups is 3. The van der Waals surface area contributed by atoms with Crippen molar-refractivity contribution in [3.63, 3.8) is 0 Å². The Balaban J connectivity index is 1.36.